The molecule has 138 valence electrons. The van der Waals surface area contributed by atoms with Crippen LogP contribution in [0.3, 0.4) is 0 Å². The molecule has 1 aromatic rings. The van der Waals surface area contributed by atoms with Crippen LogP contribution in [-0.4, -0.2) is 53.5 Å². The summed E-state index contributed by atoms with van der Waals surface area (Å²) < 4.78 is 4.98. The molecule has 0 bridgehead atoms. The summed E-state index contributed by atoms with van der Waals surface area (Å²) >= 11 is 0. The van der Waals surface area contributed by atoms with Gasteiger partial charge in [0.15, 0.2) is 0 Å². The van der Waals surface area contributed by atoms with Crippen LogP contribution in [0.15, 0.2) is 23.0 Å². The van der Waals surface area contributed by atoms with Crippen LogP contribution in [0.25, 0.3) is 0 Å². The smallest absolute Gasteiger partial charge is 0.317 e. The van der Waals surface area contributed by atoms with Gasteiger partial charge in [0.1, 0.15) is 6.26 Å². The first-order chi connectivity index (χ1) is 12.0. The minimum absolute atomic E-state index is 0.00932. The monoisotopic (exact) mass is 347 g/mol. The molecule has 0 unspecified atom stereocenters. The largest absolute Gasteiger partial charge is 0.472 e. The third-order valence-electron chi connectivity index (χ3n) is 5.07. The lowest BCUT2D eigenvalue weighted by Crippen LogP contribution is -2.51. The van der Waals surface area contributed by atoms with Crippen molar-refractivity contribution in [3.05, 3.63) is 24.2 Å². The average molecular weight is 347 g/mol. The van der Waals surface area contributed by atoms with Crippen molar-refractivity contribution in [3.8, 4) is 0 Å². The number of urea groups is 1. The van der Waals surface area contributed by atoms with Gasteiger partial charge in [-0.25, -0.2) is 4.79 Å². The third kappa shape index (κ3) is 4.77. The number of likely N-dealkylation sites (tertiary alicyclic amines) is 1. The van der Waals surface area contributed by atoms with Gasteiger partial charge in [0.25, 0.3) is 5.91 Å². The lowest BCUT2D eigenvalue weighted by molar-refractivity contribution is 0.0705. The second-order valence-corrected chi connectivity index (χ2v) is 7.64. The SMILES string of the molecule is CC(C)CCN(C(=O)NC1CCN(C(=O)c2ccoc2)CC1)C1CC1. The van der Waals surface area contributed by atoms with Gasteiger partial charge in [-0.1, -0.05) is 13.8 Å². The van der Waals surface area contributed by atoms with Crippen LogP contribution in [0.1, 0.15) is 56.3 Å². The maximum atomic E-state index is 12.6. The Morgan fingerprint density at radius 1 is 1.28 bits per heavy atom. The Balaban J connectivity index is 1.46. The molecule has 6 heteroatoms. The van der Waals surface area contributed by atoms with Crippen molar-refractivity contribution in [2.75, 3.05) is 19.6 Å². The summed E-state index contributed by atoms with van der Waals surface area (Å²) in [6, 6.07) is 2.35. The van der Waals surface area contributed by atoms with Crippen LogP contribution in [0.4, 0.5) is 4.79 Å². The Bertz CT molecular complexity index is 573. The van der Waals surface area contributed by atoms with Crippen LogP contribution < -0.4 is 5.32 Å². The first-order valence-corrected chi connectivity index (χ1v) is 9.43. The van der Waals surface area contributed by atoms with Gasteiger partial charge in [0.2, 0.25) is 0 Å². The van der Waals surface area contributed by atoms with Gasteiger partial charge in [0.05, 0.1) is 11.8 Å². The molecule has 3 rings (SSSR count). The van der Waals surface area contributed by atoms with Gasteiger partial charge in [0, 0.05) is 31.7 Å². The Morgan fingerprint density at radius 3 is 2.56 bits per heavy atom. The van der Waals surface area contributed by atoms with Crippen molar-refractivity contribution in [1.29, 1.82) is 0 Å². The van der Waals surface area contributed by atoms with Crippen molar-refractivity contribution in [2.24, 2.45) is 5.92 Å². The molecule has 0 spiro atoms. The summed E-state index contributed by atoms with van der Waals surface area (Å²) in [5.74, 6) is 0.612. The highest BCUT2D eigenvalue weighted by Crippen LogP contribution is 2.27. The molecule has 0 aromatic carbocycles. The van der Waals surface area contributed by atoms with Gasteiger partial charge in [-0.15, -0.1) is 0 Å². The summed E-state index contributed by atoms with van der Waals surface area (Å²) in [4.78, 5) is 28.8. The summed E-state index contributed by atoms with van der Waals surface area (Å²) in [7, 11) is 0. The zero-order valence-electron chi connectivity index (χ0n) is 15.2. The average Bonchev–Trinajstić information content (AvgIpc) is 3.27. The molecule has 6 nitrogen and oxygen atoms in total. The van der Waals surface area contributed by atoms with Crippen LogP contribution in [0, 0.1) is 5.92 Å². The molecule has 2 fully saturated rings. The molecule has 3 amide bonds. The number of carbonyl (C=O) groups is 2. The Hall–Kier alpha value is -1.98. The second-order valence-electron chi connectivity index (χ2n) is 7.64. The van der Waals surface area contributed by atoms with E-state index < -0.39 is 0 Å². The fourth-order valence-electron chi connectivity index (χ4n) is 3.29. The van der Waals surface area contributed by atoms with Crippen LogP contribution in [0.2, 0.25) is 0 Å². The first-order valence-electron chi connectivity index (χ1n) is 9.43. The van der Waals surface area contributed by atoms with E-state index in [9.17, 15) is 9.59 Å². The number of furan rings is 1. The molecule has 25 heavy (non-hydrogen) atoms. The number of nitrogens with zero attached hydrogens (tertiary/aromatic N) is 2. The van der Waals surface area contributed by atoms with Gasteiger partial charge in [-0.05, 0) is 44.1 Å². The molecule has 0 atom stereocenters. The van der Waals surface area contributed by atoms with E-state index in [1.54, 1.807) is 6.07 Å². The number of amides is 3. The zero-order chi connectivity index (χ0) is 17.8. The summed E-state index contributed by atoms with van der Waals surface area (Å²) in [5.41, 5.74) is 0.594. The Labute approximate surface area is 149 Å². The molecule has 1 aliphatic heterocycles. The standard InChI is InChI=1S/C19H29N3O3/c1-14(2)5-11-22(17-3-4-17)19(24)20-16-6-9-21(10-7-16)18(23)15-8-12-25-13-15/h8,12-14,16-17H,3-7,9-11H2,1-2H3,(H,20,24). The highest BCUT2D eigenvalue weighted by Gasteiger charge is 2.34. The molecule has 1 N–H and O–H groups in total. The highest BCUT2D eigenvalue weighted by molar-refractivity contribution is 5.93. The zero-order valence-corrected chi connectivity index (χ0v) is 15.2. The normalized spacial score (nSPS) is 18.4. The van der Waals surface area contributed by atoms with Crippen molar-refractivity contribution in [2.45, 2.75) is 58.0 Å². The van der Waals surface area contributed by atoms with E-state index in [0.29, 0.717) is 30.6 Å². The fraction of sp³-hybridized carbons (Fsp3) is 0.684. The van der Waals surface area contributed by atoms with E-state index in [4.69, 9.17) is 4.42 Å². The number of nitrogens with one attached hydrogen (secondary N) is 1. The van der Waals surface area contributed by atoms with E-state index in [2.05, 4.69) is 19.2 Å². The highest BCUT2D eigenvalue weighted by atomic mass is 16.3. The summed E-state index contributed by atoms with van der Waals surface area (Å²) in [6.45, 7) is 6.56. The molecular weight excluding hydrogens is 318 g/mol. The van der Waals surface area contributed by atoms with E-state index in [0.717, 1.165) is 38.6 Å². The number of hydrogen-bond acceptors (Lipinski definition) is 3. The van der Waals surface area contributed by atoms with Crippen LogP contribution in [0.5, 0.6) is 0 Å². The molecule has 0 radical (unpaired) electrons. The van der Waals surface area contributed by atoms with E-state index in [1.807, 2.05) is 9.80 Å². The third-order valence-corrected chi connectivity index (χ3v) is 5.07. The number of hydrogen-bond donors (Lipinski definition) is 1. The van der Waals surface area contributed by atoms with Gasteiger partial charge in [-0.3, -0.25) is 4.79 Å². The second kappa shape index (κ2) is 7.93. The maximum Gasteiger partial charge on any atom is 0.317 e. The van der Waals surface area contributed by atoms with Crippen LogP contribution >= 0.6 is 0 Å². The number of piperidine rings is 1. The topological polar surface area (TPSA) is 65.8 Å². The molecule has 2 aliphatic rings. The molecule has 2 heterocycles. The van der Waals surface area contributed by atoms with Crippen LogP contribution in [-0.2, 0) is 0 Å². The predicted molar refractivity (Wildman–Crippen MR) is 95.3 cm³/mol. The summed E-state index contributed by atoms with van der Waals surface area (Å²) in [5, 5.41) is 3.19. The summed E-state index contributed by atoms with van der Waals surface area (Å²) in [6.07, 6.45) is 7.91. The van der Waals surface area contributed by atoms with Crippen molar-refractivity contribution in [3.63, 3.8) is 0 Å². The molecular formula is C19H29N3O3. The van der Waals surface area contributed by atoms with Gasteiger partial charge < -0.3 is 19.5 Å². The van der Waals surface area contributed by atoms with Crippen molar-refractivity contribution < 1.29 is 14.0 Å². The molecule has 1 saturated carbocycles. The van der Waals surface area contributed by atoms with E-state index >= 15 is 0 Å². The van der Waals surface area contributed by atoms with E-state index in [1.165, 1.54) is 12.5 Å². The van der Waals surface area contributed by atoms with Crippen molar-refractivity contribution in [1.82, 2.24) is 15.1 Å². The van der Waals surface area contributed by atoms with Gasteiger partial charge >= 0.3 is 6.03 Å². The maximum absolute atomic E-state index is 12.6. The number of rotatable bonds is 6. The molecule has 1 saturated heterocycles. The van der Waals surface area contributed by atoms with Gasteiger partial charge in [-0.2, -0.15) is 0 Å². The first kappa shape index (κ1) is 17.8. The predicted octanol–water partition coefficient (Wildman–Crippen LogP) is 3.10. The minimum atomic E-state index is 0.00932. The molecule has 1 aromatic heterocycles. The lowest BCUT2D eigenvalue weighted by Gasteiger charge is -2.34. The Kier molecular flexibility index (Phi) is 5.66. The molecule has 1 aliphatic carbocycles. The van der Waals surface area contributed by atoms with E-state index in [-0.39, 0.29) is 18.0 Å². The quantitative estimate of drug-likeness (QED) is 0.860. The Morgan fingerprint density at radius 2 is 2.00 bits per heavy atom. The minimum Gasteiger partial charge on any atom is -0.472 e. The van der Waals surface area contributed by atoms with Crippen molar-refractivity contribution >= 4 is 11.9 Å². The fourth-order valence-corrected chi connectivity index (χ4v) is 3.29. The number of carbonyl (C=O) groups excluding carboxylic acids is 2. The lowest BCUT2D eigenvalue weighted by atomic mass is 10.0.